The van der Waals surface area contributed by atoms with E-state index in [4.69, 9.17) is 21.1 Å². The highest BCUT2D eigenvalue weighted by atomic mass is 35.5. The molecule has 2 aromatic rings. The zero-order valence-corrected chi connectivity index (χ0v) is 24.9. The molecular weight excluding hydrogens is 586 g/mol. The van der Waals surface area contributed by atoms with Crippen LogP contribution in [-0.4, -0.2) is 77.2 Å². The molecule has 4 aliphatic heterocycles. The Labute approximate surface area is 260 Å². The number of allylic oxidation sites excluding steroid dienone is 1. The van der Waals surface area contributed by atoms with Crippen molar-refractivity contribution in [1.29, 1.82) is 0 Å². The Morgan fingerprint density at radius 1 is 1.05 bits per heavy atom. The molecule has 10 nitrogen and oxygen atoms in total. The molecule has 0 saturated carbocycles. The SMILES string of the molecule is C[C@H](CO)N1C(=O)[C@H]2[C@@H]3C(=O)O[C@H](c4ccccc4)CNC(=O)CC/C=C\CN(c4ccccc4Cl)C(=O)[C@H]1[C@@]21C=C[C@@H]3O1. The van der Waals surface area contributed by atoms with Crippen molar-refractivity contribution in [2.75, 3.05) is 24.6 Å². The number of esters is 1. The van der Waals surface area contributed by atoms with E-state index in [0.717, 1.165) is 0 Å². The number of anilines is 1. The zero-order valence-electron chi connectivity index (χ0n) is 24.2. The van der Waals surface area contributed by atoms with E-state index in [9.17, 15) is 24.3 Å². The highest BCUT2D eigenvalue weighted by Crippen LogP contribution is 2.56. The number of fused-ring (bicyclic) bond motifs is 2. The Bertz CT molecular complexity index is 1510. The molecule has 7 atom stereocenters. The lowest BCUT2D eigenvalue weighted by Crippen LogP contribution is -2.58. The molecule has 4 heterocycles. The number of carbonyl (C=O) groups excluding carboxylic acids is 4. The van der Waals surface area contributed by atoms with Crippen LogP contribution in [0.25, 0.3) is 0 Å². The van der Waals surface area contributed by atoms with E-state index in [0.29, 0.717) is 22.7 Å². The van der Waals surface area contributed by atoms with Crippen LogP contribution in [-0.2, 0) is 28.7 Å². The molecule has 5 bridgehead atoms. The van der Waals surface area contributed by atoms with Crippen LogP contribution in [0.15, 0.2) is 78.9 Å². The molecule has 2 N–H and O–H groups in total. The number of aliphatic hydroxyl groups is 1. The molecule has 44 heavy (non-hydrogen) atoms. The van der Waals surface area contributed by atoms with Gasteiger partial charge in [-0.15, -0.1) is 0 Å². The number of nitrogens with one attached hydrogen (secondary N) is 1. The van der Waals surface area contributed by atoms with E-state index in [-0.39, 0.29) is 25.4 Å². The maximum atomic E-state index is 14.7. The van der Waals surface area contributed by atoms with E-state index in [1.54, 1.807) is 61.5 Å². The molecule has 2 saturated heterocycles. The second kappa shape index (κ2) is 12.2. The lowest BCUT2D eigenvalue weighted by Gasteiger charge is -2.38. The summed E-state index contributed by atoms with van der Waals surface area (Å²) in [5, 5.41) is 13.4. The van der Waals surface area contributed by atoms with Crippen molar-refractivity contribution in [3.8, 4) is 0 Å². The Hall–Kier alpha value is -3.99. The Balaban J connectivity index is 1.45. The third-order valence-corrected chi connectivity index (χ3v) is 9.19. The van der Waals surface area contributed by atoms with Crippen LogP contribution in [0.1, 0.15) is 31.4 Å². The van der Waals surface area contributed by atoms with Gasteiger partial charge < -0.3 is 29.7 Å². The Morgan fingerprint density at radius 2 is 1.80 bits per heavy atom. The average molecular weight is 620 g/mol. The quantitative estimate of drug-likeness (QED) is 0.398. The summed E-state index contributed by atoms with van der Waals surface area (Å²) in [6.07, 6.45) is 6.00. The predicted octanol–water partition coefficient (Wildman–Crippen LogP) is 2.96. The minimum Gasteiger partial charge on any atom is -0.455 e. The van der Waals surface area contributed by atoms with Gasteiger partial charge in [-0.3, -0.25) is 19.2 Å². The molecule has 0 unspecified atom stereocenters. The van der Waals surface area contributed by atoms with Crippen LogP contribution >= 0.6 is 11.6 Å². The highest BCUT2D eigenvalue weighted by molar-refractivity contribution is 6.34. The zero-order chi connectivity index (χ0) is 31.0. The van der Waals surface area contributed by atoms with Crippen LogP contribution in [0.3, 0.4) is 0 Å². The van der Waals surface area contributed by atoms with Crippen LogP contribution in [0, 0.1) is 11.8 Å². The van der Waals surface area contributed by atoms with Gasteiger partial charge in [0.15, 0.2) is 0 Å². The number of hydrogen-bond donors (Lipinski definition) is 2. The molecule has 0 aromatic heterocycles. The summed E-state index contributed by atoms with van der Waals surface area (Å²) in [5.74, 6) is -3.92. The van der Waals surface area contributed by atoms with Crippen molar-refractivity contribution in [2.45, 2.75) is 49.7 Å². The summed E-state index contributed by atoms with van der Waals surface area (Å²) >= 11 is 6.57. The smallest absolute Gasteiger partial charge is 0.313 e. The first-order valence-corrected chi connectivity index (χ1v) is 15.2. The maximum absolute atomic E-state index is 14.7. The normalized spacial score (nSPS) is 31.9. The van der Waals surface area contributed by atoms with Gasteiger partial charge in [0.1, 0.15) is 23.7 Å². The van der Waals surface area contributed by atoms with Gasteiger partial charge in [0.05, 0.1) is 41.9 Å². The summed E-state index contributed by atoms with van der Waals surface area (Å²) in [4.78, 5) is 58.4. The molecule has 2 fully saturated rings. The van der Waals surface area contributed by atoms with Crippen LogP contribution < -0.4 is 10.2 Å². The van der Waals surface area contributed by atoms with Gasteiger partial charge >= 0.3 is 5.97 Å². The maximum Gasteiger partial charge on any atom is 0.313 e. The van der Waals surface area contributed by atoms with Gasteiger partial charge in [-0.25, -0.2) is 0 Å². The van der Waals surface area contributed by atoms with Crippen molar-refractivity contribution in [3.63, 3.8) is 0 Å². The number of benzene rings is 2. The lowest BCUT2D eigenvalue weighted by atomic mass is 9.74. The third kappa shape index (κ3) is 5.10. The number of hydrogen-bond acceptors (Lipinski definition) is 7. The number of carbonyl (C=O) groups is 4. The molecule has 0 radical (unpaired) electrons. The van der Waals surface area contributed by atoms with Crippen molar-refractivity contribution in [2.24, 2.45) is 11.8 Å². The topological polar surface area (TPSA) is 125 Å². The number of aliphatic hydroxyl groups excluding tert-OH is 1. The van der Waals surface area contributed by atoms with Crippen LogP contribution in [0.5, 0.6) is 0 Å². The third-order valence-electron chi connectivity index (χ3n) is 8.87. The number of amides is 3. The minimum atomic E-state index is -1.46. The summed E-state index contributed by atoms with van der Waals surface area (Å²) in [6, 6.07) is 14.0. The van der Waals surface area contributed by atoms with Gasteiger partial charge in [0.2, 0.25) is 11.8 Å². The molecule has 0 aliphatic carbocycles. The Kier molecular flexibility index (Phi) is 8.32. The number of cyclic esters (lactones) is 1. The van der Waals surface area contributed by atoms with Crippen molar-refractivity contribution in [1.82, 2.24) is 10.2 Å². The number of rotatable bonds is 4. The summed E-state index contributed by atoms with van der Waals surface area (Å²) in [6.45, 7) is 1.40. The number of nitrogens with zero attached hydrogens (tertiary/aromatic N) is 2. The number of ether oxygens (including phenoxy) is 2. The largest absolute Gasteiger partial charge is 0.455 e. The number of para-hydroxylation sites is 1. The van der Waals surface area contributed by atoms with E-state index in [1.807, 2.05) is 24.3 Å². The number of halogens is 1. The molecule has 11 heteroatoms. The second-order valence-electron chi connectivity index (χ2n) is 11.5. The van der Waals surface area contributed by atoms with Gasteiger partial charge in [0.25, 0.3) is 5.91 Å². The van der Waals surface area contributed by atoms with E-state index in [2.05, 4.69) is 5.32 Å². The fraction of sp³-hybridized carbons (Fsp3) is 0.394. The van der Waals surface area contributed by atoms with Gasteiger partial charge in [-0.1, -0.05) is 78.4 Å². The molecule has 2 aromatic carbocycles. The van der Waals surface area contributed by atoms with Crippen molar-refractivity contribution < 1.29 is 33.8 Å². The Morgan fingerprint density at radius 3 is 2.55 bits per heavy atom. The first kappa shape index (κ1) is 30.1. The molecule has 4 aliphatic rings. The van der Waals surface area contributed by atoms with Crippen LogP contribution in [0.4, 0.5) is 5.69 Å². The van der Waals surface area contributed by atoms with Gasteiger partial charge in [-0.2, -0.15) is 0 Å². The molecule has 3 amide bonds. The fourth-order valence-corrected chi connectivity index (χ4v) is 7.00. The monoisotopic (exact) mass is 619 g/mol. The van der Waals surface area contributed by atoms with Crippen molar-refractivity contribution in [3.05, 3.63) is 89.5 Å². The molecule has 230 valence electrons. The van der Waals surface area contributed by atoms with Crippen molar-refractivity contribution >= 4 is 41.0 Å². The van der Waals surface area contributed by atoms with Gasteiger partial charge in [-0.05, 0) is 31.0 Å². The first-order valence-electron chi connectivity index (χ1n) is 14.8. The molecule has 1 spiro atoms. The lowest BCUT2D eigenvalue weighted by molar-refractivity contribution is -0.160. The fourth-order valence-electron chi connectivity index (χ4n) is 6.77. The summed E-state index contributed by atoms with van der Waals surface area (Å²) in [7, 11) is 0. The summed E-state index contributed by atoms with van der Waals surface area (Å²) < 4.78 is 12.5. The van der Waals surface area contributed by atoms with E-state index < -0.39 is 66.1 Å². The van der Waals surface area contributed by atoms with Gasteiger partial charge in [0, 0.05) is 13.0 Å². The highest BCUT2D eigenvalue weighted by Gasteiger charge is 2.74. The minimum absolute atomic E-state index is 0.0468. The van der Waals surface area contributed by atoms with E-state index in [1.165, 1.54) is 9.80 Å². The average Bonchev–Trinajstić information content (AvgIpc) is 3.68. The van der Waals surface area contributed by atoms with Crippen LogP contribution in [0.2, 0.25) is 5.02 Å². The molecule has 6 rings (SSSR count). The van der Waals surface area contributed by atoms with E-state index >= 15 is 0 Å². The summed E-state index contributed by atoms with van der Waals surface area (Å²) in [5.41, 5.74) is -0.342. The second-order valence-corrected chi connectivity index (χ2v) is 11.9. The predicted molar refractivity (Wildman–Crippen MR) is 161 cm³/mol. The molecular formula is C33H34ClN3O7. The first-order chi connectivity index (χ1) is 21.3. The number of likely N-dealkylation sites (tertiary alicyclic amines) is 1. The standard InChI is InChI=1S/C33H34ClN3O7/c1-20(19-38)37-29-31(41)36(23-13-8-7-12-22(23)34)17-9-3-6-14-26(39)35-18-25(21-10-4-2-5-11-21)43-32(42)27-24-15-16-33(29,44-24)28(27)30(37)40/h2-5,7-13,15-16,20,24-25,27-29,38H,6,14,17-19H2,1H3,(H,35,39)/b9-3-/t20-,24+,25+,27-,28-,29+,33-/m1/s1.